The normalized spacial score (nSPS) is 23.6. The van der Waals surface area contributed by atoms with Crippen LogP contribution in [-0.4, -0.2) is 43.7 Å². The van der Waals surface area contributed by atoms with Crippen molar-refractivity contribution in [2.45, 2.75) is 75.4 Å². The molecule has 13 heteroatoms. The maximum atomic E-state index is 15.0. The van der Waals surface area contributed by atoms with Gasteiger partial charge in [0.25, 0.3) is 5.91 Å². The number of amides is 1. The van der Waals surface area contributed by atoms with Crippen LogP contribution in [0.15, 0.2) is 24.3 Å². The summed E-state index contributed by atoms with van der Waals surface area (Å²) in [6.45, 7) is 0.391. The van der Waals surface area contributed by atoms with Gasteiger partial charge in [-0.15, -0.1) is 0 Å². The van der Waals surface area contributed by atoms with Crippen LogP contribution in [0.2, 0.25) is 5.02 Å². The molecule has 1 unspecified atom stereocenters. The molecule has 3 atom stereocenters. The molecule has 2 bridgehead atoms. The maximum absolute atomic E-state index is 15.0. The molecular formula is C26H26ClF5N2O4S. The summed E-state index contributed by atoms with van der Waals surface area (Å²) in [6.07, 6.45) is -0.168. The SMILES string of the molecule is CS(=O)(=O)NC(=O)c1cc(C2CC2)c(CN2[C@@H]3CC[C@H]2CC(Oc2cc(C(F)(F)F)cc(Cl)c2F)C3)cc1F. The summed E-state index contributed by atoms with van der Waals surface area (Å²) < 4.78 is 99.5. The van der Waals surface area contributed by atoms with Crippen LogP contribution in [0.25, 0.3) is 0 Å². The van der Waals surface area contributed by atoms with Crippen molar-refractivity contribution in [1.82, 2.24) is 9.62 Å². The van der Waals surface area contributed by atoms with Crippen molar-refractivity contribution in [3.05, 3.63) is 63.2 Å². The van der Waals surface area contributed by atoms with Crippen LogP contribution in [0, 0.1) is 11.6 Å². The average molecular weight is 593 g/mol. The molecule has 1 N–H and O–H groups in total. The molecule has 1 amide bonds. The zero-order valence-corrected chi connectivity index (χ0v) is 22.4. The summed E-state index contributed by atoms with van der Waals surface area (Å²) >= 11 is 5.70. The molecule has 2 aromatic carbocycles. The lowest BCUT2D eigenvalue weighted by molar-refractivity contribution is -0.137. The minimum Gasteiger partial charge on any atom is -0.487 e. The first kappa shape index (κ1) is 28.1. The third-order valence-corrected chi connectivity index (χ3v) is 8.41. The van der Waals surface area contributed by atoms with E-state index in [0.717, 1.165) is 37.5 Å². The molecule has 2 aromatic rings. The van der Waals surface area contributed by atoms with Crippen molar-refractivity contribution >= 4 is 27.5 Å². The third kappa shape index (κ3) is 6.17. The van der Waals surface area contributed by atoms with Crippen molar-refractivity contribution in [2.75, 3.05) is 6.26 Å². The zero-order chi connectivity index (χ0) is 28.3. The summed E-state index contributed by atoms with van der Waals surface area (Å²) in [5, 5.41) is -0.663. The van der Waals surface area contributed by atoms with Gasteiger partial charge >= 0.3 is 6.18 Å². The number of piperidine rings is 1. The highest BCUT2D eigenvalue weighted by molar-refractivity contribution is 7.89. The molecule has 2 aliphatic heterocycles. The lowest BCUT2D eigenvalue weighted by atomic mass is 9.95. The number of alkyl halides is 3. The number of ether oxygens (including phenoxy) is 1. The Balaban J connectivity index is 1.33. The van der Waals surface area contributed by atoms with Crippen LogP contribution in [0.5, 0.6) is 5.75 Å². The summed E-state index contributed by atoms with van der Waals surface area (Å²) in [6, 6.07) is 3.85. The topological polar surface area (TPSA) is 75.7 Å². The number of hydrogen-bond acceptors (Lipinski definition) is 5. The second-order valence-corrected chi connectivity index (χ2v) is 12.7. The van der Waals surface area contributed by atoms with E-state index in [9.17, 15) is 35.2 Å². The van der Waals surface area contributed by atoms with Crippen LogP contribution in [0.3, 0.4) is 0 Å². The lowest BCUT2D eigenvalue weighted by Crippen LogP contribution is -2.46. The third-order valence-electron chi connectivity index (χ3n) is 7.58. The van der Waals surface area contributed by atoms with E-state index in [2.05, 4.69) is 4.90 Å². The van der Waals surface area contributed by atoms with E-state index >= 15 is 0 Å². The van der Waals surface area contributed by atoms with Crippen LogP contribution in [-0.2, 0) is 22.7 Å². The average Bonchev–Trinajstić information content (AvgIpc) is 3.62. The maximum Gasteiger partial charge on any atom is 0.416 e. The van der Waals surface area contributed by atoms with E-state index < -0.39 is 56.2 Å². The number of carbonyl (C=O) groups is 1. The number of nitrogens with zero attached hydrogens (tertiary/aromatic N) is 1. The molecule has 1 saturated carbocycles. The smallest absolute Gasteiger partial charge is 0.416 e. The molecule has 1 aliphatic carbocycles. The fourth-order valence-corrected chi connectivity index (χ4v) is 6.37. The highest BCUT2D eigenvalue weighted by Crippen LogP contribution is 2.45. The minimum absolute atomic E-state index is 0.0126. The fourth-order valence-electron chi connectivity index (χ4n) is 5.71. The van der Waals surface area contributed by atoms with Gasteiger partial charge in [0.15, 0.2) is 11.6 Å². The van der Waals surface area contributed by atoms with Crippen molar-refractivity contribution in [2.24, 2.45) is 0 Å². The standard InChI is InChI=1S/C26H26ClF5N2O4S/c1-39(36,37)33-25(35)20-11-19(13-2-3-13)14(6-22(20)28)12-34-16-4-5-17(34)10-18(9-16)38-23-8-15(26(30,31)32)7-21(27)24(23)29/h6-8,11,13,16-18H,2-5,9-10,12H2,1H3,(H,33,35)/t16-,17+,18?. The first-order valence-electron chi connectivity index (χ1n) is 12.5. The molecule has 5 rings (SSSR count). The Labute approximate surface area is 227 Å². The Bertz CT molecular complexity index is 1400. The van der Waals surface area contributed by atoms with Crippen LogP contribution in [0.1, 0.15) is 71.5 Å². The van der Waals surface area contributed by atoms with Crippen molar-refractivity contribution in [3.63, 3.8) is 0 Å². The minimum atomic E-state index is -4.70. The van der Waals surface area contributed by atoms with Crippen LogP contribution >= 0.6 is 11.6 Å². The van der Waals surface area contributed by atoms with Gasteiger partial charge in [-0.3, -0.25) is 9.69 Å². The molecule has 212 valence electrons. The summed E-state index contributed by atoms with van der Waals surface area (Å²) in [5.41, 5.74) is 0.0851. The Hall–Kier alpha value is -2.44. The predicted octanol–water partition coefficient (Wildman–Crippen LogP) is 5.78. The number of nitrogens with one attached hydrogen (secondary N) is 1. The predicted molar refractivity (Wildman–Crippen MR) is 133 cm³/mol. The quantitative estimate of drug-likeness (QED) is 0.413. The number of benzene rings is 2. The molecule has 0 aromatic heterocycles. The van der Waals surface area contributed by atoms with Crippen molar-refractivity contribution in [1.29, 1.82) is 0 Å². The van der Waals surface area contributed by atoms with E-state index in [1.807, 2.05) is 0 Å². The molecule has 2 heterocycles. The molecule has 6 nitrogen and oxygen atoms in total. The first-order valence-corrected chi connectivity index (χ1v) is 14.8. The number of hydrogen-bond donors (Lipinski definition) is 1. The van der Waals surface area contributed by atoms with E-state index in [-0.39, 0.29) is 23.6 Å². The number of carbonyl (C=O) groups excluding carboxylic acids is 1. The Morgan fingerprint density at radius 1 is 1.08 bits per heavy atom. The molecule has 2 saturated heterocycles. The Morgan fingerprint density at radius 3 is 2.28 bits per heavy atom. The fraction of sp³-hybridized carbons (Fsp3) is 0.500. The van der Waals surface area contributed by atoms with Gasteiger partial charge in [-0.1, -0.05) is 11.6 Å². The number of sulfonamides is 1. The second-order valence-electron chi connectivity index (χ2n) is 10.5. The van der Waals surface area contributed by atoms with Gasteiger partial charge in [-0.2, -0.15) is 13.2 Å². The molecule has 39 heavy (non-hydrogen) atoms. The van der Waals surface area contributed by atoms with Gasteiger partial charge in [-0.05, 0) is 79.8 Å². The number of fused-ring (bicyclic) bond motifs is 2. The van der Waals surface area contributed by atoms with Crippen LogP contribution in [0.4, 0.5) is 22.0 Å². The summed E-state index contributed by atoms with van der Waals surface area (Å²) in [7, 11) is -3.86. The molecule has 3 aliphatic rings. The van der Waals surface area contributed by atoms with E-state index in [1.165, 1.54) is 12.1 Å². The van der Waals surface area contributed by atoms with Gasteiger partial charge in [0.2, 0.25) is 10.0 Å². The van der Waals surface area contributed by atoms with E-state index in [1.54, 1.807) is 4.72 Å². The van der Waals surface area contributed by atoms with Crippen molar-refractivity contribution < 1.29 is 39.9 Å². The highest BCUT2D eigenvalue weighted by Gasteiger charge is 2.43. The lowest BCUT2D eigenvalue weighted by Gasteiger charge is -2.39. The van der Waals surface area contributed by atoms with E-state index in [0.29, 0.717) is 37.1 Å². The molecule has 0 spiro atoms. The first-order chi connectivity index (χ1) is 18.2. The van der Waals surface area contributed by atoms with Gasteiger partial charge in [0.1, 0.15) is 11.9 Å². The summed E-state index contributed by atoms with van der Waals surface area (Å²) in [4.78, 5) is 14.5. The zero-order valence-electron chi connectivity index (χ0n) is 20.8. The molecule has 3 fully saturated rings. The van der Waals surface area contributed by atoms with Gasteiger partial charge < -0.3 is 4.74 Å². The molecule has 0 radical (unpaired) electrons. The van der Waals surface area contributed by atoms with Gasteiger partial charge in [-0.25, -0.2) is 21.9 Å². The monoisotopic (exact) mass is 592 g/mol. The Kier molecular flexibility index (Phi) is 7.34. The summed E-state index contributed by atoms with van der Waals surface area (Å²) in [5.74, 6) is -3.27. The van der Waals surface area contributed by atoms with Gasteiger partial charge in [0.05, 0.1) is 22.4 Å². The molecular weight excluding hydrogens is 567 g/mol. The van der Waals surface area contributed by atoms with Crippen molar-refractivity contribution in [3.8, 4) is 5.75 Å². The van der Waals surface area contributed by atoms with Gasteiger partial charge in [0, 0.05) is 18.6 Å². The number of halogens is 6. The number of rotatable bonds is 7. The second kappa shape index (κ2) is 10.2. The Morgan fingerprint density at radius 2 is 1.72 bits per heavy atom. The van der Waals surface area contributed by atoms with E-state index in [4.69, 9.17) is 16.3 Å². The van der Waals surface area contributed by atoms with Crippen LogP contribution < -0.4 is 9.46 Å². The largest absolute Gasteiger partial charge is 0.487 e. The highest BCUT2D eigenvalue weighted by atomic mass is 35.5.